The van der Waals surface area contributed by atoms with E-state index in [0.29, 0.717) is 11.0 Å². The highest BCUT2D eigenvalue weighted by Crippen LogP contribution is 2.24. The molecular formula is C13H10I2O4. The smallest absolute Gasteiger partial charge is 0.345 e. The summed E-state index contributed by atoms with van der Waals surface area (Å²) < 4.78 is 12.3. The molecule has 1 aromatic heterocycles. The summed E-state index contributed by atoms with van der Waals surface area (Å²) in [4.78, 5) is 24.2. The van der Waals surface area contributed by atoms with Crippen LogP contribution in [0.4, 0.5) is 0 Å². The summed E-state index contributed by atoms with van der Waals surface area (Å²) in [7, 11) is 0. The minimum Gasteiger partial charge on any atom is -0.462 e. The van der Waals surface area contributed by atoms with E-state index in [0.717, 1.165) is 7.14 Å². The number of fused-ring (bicyclic) bond motifs is 1. The summed E-state index contributed by atoms with van der Waals surface area (Å²) in [6.45, 7) is 3.52. The van der Waals surface area contributed by atoms with Gasteiger partial charge in [0.15, 0.2) is 5.58 Å². The van der Waals surface area contributed by atoms with Crippen molar-refractivity contribution in [1.82, 2.24) is 0 Å². The van der Waals surface area contributed by atoms with Crippen molar-refractivity contribution >= 4 is 62.1 Å². The molecule has 2 rings (SSSR count). The Morgan fingerprint density at radius 2 is 2.05 bits per heavy atom. The lowest BCUT2D eigenvalue weighted by Crippen LogP contribution is -2.19. The number of benzene rings is 1. The summed E-state index contributed by atoms with van der Waals surface area (Å²) in [5, 5.41) is 0.407. The van der Waals surface area contributed by atoms with Gasteiger partial charge in [-0.3, -0.25) is 4.79 Å². The first kappa shape index (κ1) is 14.8. The molecule has 0 atom stereocenters. The van der Waals surface area contributed by atoms with Crippen LogP contribution in [0.5, 0.6) is 0 Å². The van der Waals surface area contributed by atoms with Crippen molar-refractivity contribution in [3.63, 3.8) is 0 Å². The lowest BCUT2D eigenvalue weighted by Gasteiger charge is -2.07. The second-order valence-corrected chi connectivity index (χ2v) is 6.25. The van der Waals surface area contributed by atoms with Crippen molar-refractivity contribution in [3.05, 3.63) is 40.8 Å². The highest BCUT2D eigenvalue weighted by Gasteiger charge is 2.20. The van der Waals surface area contributed by atoms with Gasteiger partial charge < -0.3 is 9.15 Å². The van der Waals surface area contributed by atoms with Crippen LogP contribution in [-0.4, -0.2) is 12.6 Å². The molecule has 0 radical (unpaired) electrons. The quantitative estimate of drug-likeness (QED) is 0.484. The van der Waals surface area contributed by atoms with Gasteiger partial charge >= 0.3 is 5.97 Å². The number of hydrogen-bond acceptors (Lipinski definition) is 4. The van der Waals surface area contributed by atoms with Crippen LogP contribution in [-0.2, 0) is 4.74 Å². The van der Waals surface area contributed by atoms with Crippen LogP contribution in [0.25, 0.3) is 11.0 Å². The molecule has 100 valence electrons. The minimum absolute atomic E-state index is 0.0212. The molecule has 0 saturated carbocycles. The molecule has 0 bridgehead atoms. The van der Waals surface area contributed by atoms with Gasteiger partial charge in [0, 0.05) is 3.57 Å². The maximum atomic E-state index is 12.4. The molecular weight excluding hydrogens is 474 g/mol. The van der Waals surface area contributed by atoms with Crippen LogP contribution >= 0.6 is 45.2 Å². The predicted octanol–water partition coefficient (Wildman–Crippen LogP) is 3.49. The Labute approximate surface area is 136 Å². The van der Waals surface area contributed by atoms with E-state index in [-0.39, 0.29) is 23.4 Å². The fourth-order valence-corrected chi connectivity index (χ4v) is 3.73. The molecule has 6 heteroatoms. The van der Waals surface area contributed by atoms with Crippen LogP contribution in [0.1, 0.15) is 23.0 Å². The molecule has 19 heavy (non-hydrogen) atoms. The van der Waals surface area contributed by atoms with Gasteiger partial charge in [-0.05, 0) is 71.2 Å². The summed E-state index contributed by atoms with van der Waals surface area (Å²) >= 11 is 4.23. The molecule has 0 fully saturated rings. The number of ether oxygens (including phenoxy) is 1. The fraction of sp³-hybridized carbons (Fsp3) is 0.231. The molecule has 0 aliphatic rings. The molecule has 0 aliphatic carbocycles. The average molecular weight is 484 g/mol. The Balaban J connectivity index is 2.82. The van der Waals surface area contributed by atoms with Gasteiger partial charge in [-0.1, -0.05) is 0 Å². The SMILES string of the molecule is CCOC(=O)c1c(C)oc2c(I)cc(I)cc2c1=O. The molecule has 0 N–H and O–H groups in total. The van der Waals surface area contributed by atoms with E-state index in [2.05, 4.69) is 45.2 Å². The second-order valence-electron chi connectivity index (χ2n) is 3.85. The molecule has 0 saturated heterocycles. The zero-order chi connectivity index (χ0) is 14.2. The third-order valence-corrected chi connectivity index (χ3v) is 3.99. The molecule has 0 aliphatic heterocycles. The summed E-state index contributed by atoms with van der Waals surface area (Å²) in [6, 6.07) is 3.63. The molecule has 0 spiro atoms. The third-order valence-electron chi connectivity index (χ3n) is 2.57. The Bertz CT molecular complexity index is 719. The van der Waals surface area contributed by atoms with Gasteiger partial charge in [0.05, 0.1) is 15.6 Å². The Morgan fingerprint density at radius 3 is 2.68 bits per heavy atom. The lowest BCUT2D eigenvalue weighted by atomic mass is 10.1. The van der Waals surface area contributed by atoms with E-state index < -0.39 is 5.97 Å². The Hall–Kier alpha value is -0.640. The van der Waals surface area contributed by atoms with Gasteiger partial charge in [-0.15, -0.1) is 0 Å². The second kappa shape index (κ2) is 5.78. The van der Waals surface area contributed by atoms with E-state index in [1.54, 1.807) is 19.9 Å². The van der Waals surface area contributed by atoms with Gasteiger partial charge in [0.2, 0.25) is 5.43 Å². The van der Waals surface area contributed by atoms with Gasteiger partial charge in [-0.2, -0.15) is 0 Å². The molecule has 4 nitrogen and oxygen atoms in total. The van der Waals surface area contributed by atoms with Crippen molar-refractivity contribution in [1.29, 1.82) is 0 Å². The van der Waals surface area contributed by atoms with Crippen molar-refractivity contribution in [3.8, 4) is 0 Å². The molecule has 1 heterocycles. The maximum Gasteiger partial charge on any atom is 0.345 e. The summed E-state index contributed by atoms with van der Waals surface area (Å²) in [6.07, 6.45) is 0. The summed E-state index contributed by atoms with van der Waals surface area (Å²) in [5.74, 6) is -0.348. The van der Waals surface area contributed by atoms with E-state index in [1.807, 2.05) is 6.07 Å². The molecule has 2 aromatic rings. The topological polar surface area (TPSA) is 56.5 Å². The van der Waals surface area contributed by atoms with Gasteiger partial charge in [-0.25, -0.2) is 4.79 Å². The standard InChI is InChI=1S/C13H10I2O4/c1-3-18-13(17)10-6(2)19-12-8(11(10)16)4-7(14)5-9(12)15/h4-5H,3H2,1-2H3. The average Bonchev–Trinajstić information content (AvgIpc) is 2.31. The number of carbonyl (C=O) groups is 1. The van der Waals surface area contributed by atoms with Crippen molar-refractivity contribution in [2.75, 3.05) is 6.61 Å². The van der Waals surface area contributed by atoms with E-state index in [9.17, 15) is 9.59 Å². The van der Waals surface area contributed by atoms with E-state index in [4.69, 9.17) is 9.15 Å². The number of rotatable bonds is 2. The van der Waals surface area contributed by atoms with Crippen LogP contribution in [0.3, 0.4) is 0 Å². The molecule has 0 unspecified atom stereocenters. The van der Waals surface area contributed by atoms with Crippen molar-refractivity contribution in [2.24, 2.45) is 0 Å². The predicted molar refractivity (Wildman–Crippen MR) is 88.6 cm³/mol. The van der Waals surface area contributed by atoms with Crippen molar-refractivity contribution in [2.45, 2.75) is 13.8 Å². The fourth-order valence-electron chi connectivity index (χ4n) is 1.77. The zero-order valence-electron chi connectivity index (χ0n) is 10.3. The molecule has 0 amide bonds. The van der Waals surface area contributed by atoms with Gasteiger partial charge in [0.25, 0.3) is 0 Å². The Morgan fingerprint density at radius 1 is 1.37 bits per heavy atom. The van der Waals surface area contributed by atoms with Crippen LogP contribution < -0.4 is 5.43 Å². The van der Waals surface area contributed by atoms with Gasteiger partial charge in [0.1, 0.15) is 11.3 Å². The third kappa shape index (κ3) is 2.78. The first-order valence-corrected chi connectivity index (χ1v) is 7.71. The lowest BCUT2D eigenvalue weighted by molar-refractivity contribution is 0.0521. The number of carbonyl (C=O) groups excluding carboxylic acids is 1. The Kier molecular flexibility index (Phi) is 4.49. The van der Waals surface area contributed by atoms with E-state index in [1.165, 1.54) is 0 Å². The summed E-state index contributed by atoms with van der Waals surface area (Å²) in [5.41, 5.74) is 0.150. The zero-order valence-corrected chi connectivity index (χ0v) is 14.6. The first-order chi connectivity index (χ1) is 8.95. The number of halogens is 2. The highest BCUT2D eigenvalue weighted by atomic mass is 127. The number of aryl methyl sites for hydroxylation is 1. The normalized spacial score (nSPS) is 10.7. The van der Waals surface area contributed by atoms with Crippen molar-refractivity contribution < 1.29 is 13.9 Å². The van der Waals surface area contributed by atoms with E-state index >= 15 is 0 Å². The van der Waals surface area contributed by atoms with Crippen LogP contribution in [0.15, 0.2) is 21.3 Å². The molecule has 1 aromatic carbocycles. The largest absolute Gasteiger partial charge is 0.462 e. The number of esters is 1. The van der Waals surface area contributed by atoms with Crippen LogP contribution in [0.2, 0.25) is 0 Å². The minimum atomic E-state index is -0.635. The number of hydrogen-bond donors (Lipinski definition) is 0. The maximum absolute atomic E-state index is 12.4. The highest BCUT2D eigenvalue weighted by molar-refractivity contribution is 14.1. The van der Waals surface area contributed by atoms with Crippen LogP contribution in [0, 0.1) is 14.1 Å². The first-order valence-electron chi connectivity index (χ1n) is 5.55. The monoisotopic (exact) mass is 484 g/mol.